The van der Waals surface area contributed by atoms with E-state index in [1.165, 1.54) is 68.4 Å². The predicted molar refractivity (Wildman–Crippen MR) is 137 cm³/mol. The zero-order valence-corrected chi connectivity index (χ0v) is 22.4. The van der Waals surface area contributed by atoms with Crippen molar-refractivity contribution in [1.82, 2.24) is 4.90 Å². The normalized spacial score (nSPS) is 37.8. The molecule has 1 saturated heterocycles. The van der Waals surface area contributed by atoms with Crippen LogP contribution in [0, 0.1) is 17.8 Å². The van der Waals surface area contributed by atoms with Gasteiger partial charge in [-0.3, -0.25) is 19.3 Å². The topological polar surface area (TPSA) is 86.6 Å². The molecule has 3 aliphatic carbocycles. The molecule has 37 heavy (non-hydrogen) atoms. The van der Waals surface area contributed by atoms with E-state index in [2.05, 4.69) is 7.05 Å². The van der Waals surface area contributed by atoms with Crippen LogP contribution in [0.1, 0.15) is 77.0 Å². The maximum atomic E-state index is 13.6. The number of likely N-dealkylation sites (tertiary alicyclic amines) is 1. The summed E-state index contributed by atoms with van der Waals surface area (Å²) in [6, 6.07) is 1.26. The molecular weight excluding hydrogens is 472 g/mol. The number of hydrogen-bond donors (Lipinski definition) is 1. The van der Waals surface area contributed by atoms with E-state index in [0.29, 0.717) is 43.7 Å². The van der Waals surface area contributed by atoms with Crippen LogP contribution in [0.3, 0.4) is 0 Å². The Morgan fingerprint density at radius 1 is 0.811 bits per heavy atom. The maximum absolute atomic E-state index is 13.6. The van der Waals surface area contributed by atoms with Gasteiger partial charge in [-0.25, -0.2) is 0 Å². The first-order valence-corrected chi connectivity index (χ1v) is 14.8. The lowest BCUT2D eigenvalue weighted by Gasteiger charge is -2.52. The fraction of sp³-hybridized carbons (Fsp3) is 0.828. The van der Waals surface area contributed by atoms with E-state index >= 15 is 0 Å². The van der Waals surface area contributed by atoms with Gasteiger partial charge in [0.1, 0.15) is 6.10 Å². The van der Waals surface area contributed by atoms with Crippen LogP contribution in [-0.4, -0.2) is 80.4 Å². The van der Waals surface area contributed by atoms with Gasteiger partial charge in [0.15, 0.2) is 0 Å². The van der Waals surface area contributed by atoms with Gasteiger partial charge in [-0.05, 0) is 64.2 Å². The Labute approximate surface area is 221 Å². The van der Waals surface area contributed by atoms with Crippen LogP contribution < -0.4 is 4.90 Å². The van der Waals surface area contributed by atoms with E-state index in [0.717, 1.165) is 25.7 Å². The summed E-state index contributed by atoms with van der Waals surface area (Å²) in [4.78, 5) is 39.6. The lowest BCUT2D eigenvalue weighted by molar-refractivity contribution is -0.949. The Morgan fingerprint density at radius 2 is 1.38 bits per heavy atom. The third-order valence-electron chi connectivity index (χ3n) is 9.85. The second-order valence-electron chi connectivity index (χ2n) is 11.9. The minimum Gasteiger partial charge on any atom is -0.462 e. The number of imide groups is 1. The number of esters is 1. The highest BCUT2D eigenvalue weighted by Gasteiger charge is 2.55. The number of rotatable bonds is 9. The summed E-state index contributed by atoms with van der Waals surface area (Å²) in [5, 5.41) is 0. The number of fused-ring (bicyclic) bond motifs is 2. The third kappa shape index (κ3) is 6.12. The standard InChI is InChI=1S/C29H44N2O6/c1-30-24-8-4-2-6-22(24)28(23-7-3-5-9-25(23)30)29(34)37-21-12-10-20(11-13-21)36-19-18-35-17-16-31-26(32)14-15-27(31)33/h14-15,20-25,28H,2-13,16-19H2,1H3/p+1. The molecule has 0 aromatic rings. The number of amides is 2. The van der Waals surface area contributed by atoms with Gasteiger partial charge in [0.05, 0.1) is 57.5 Å². The minimum atomic E-state index is -0.281. The molecule has 3 saturated carbocycles. The molecule has 2 aliphatic heterocycles. The molecule has 4 fully saturated rings. The number of quaternary nitrogens is 1. The highest BCUT2D eigenvalue weighted by atomic mass is 16.5. The van der Waals surface area contributed by atoms with Crippen LogP contribution >= 0.6 is 0 Å². The van der Waals surface area contributed by atoms with E-state index in [4.69, 9.17) is 14.2 Å². The molecule has 8 heteroatoms. The van der Waals surface area contributed by atoms with E-state index in [-0.39, 0.29) is 42.5 Å². The molecule has 0 radical (unpaired) electrons. The molecule has 1 N–H and O–H groups in total. The summed E-state index contributed by atoms with van der Waals surface area (Å²) < 4.78 is 17.8. The molecule has 8 nitrogen and oxygen atoms in total. The van der Waals surface area contributed by atoms with Gasteiger partial charge in [0, 0.05) is 24.0 Å². The summed E-state index contributed by atoms with van der Waals surface area (Å²) in [5.74, 6) is 0.640. The number of hydrogen-bond acceptors (Lipinski definition) is 6. The highest BCUT2D eigenvalue weighted by molar-refractivity contribution is 6.12. The van der Waals surface area contributed by atoms with Gasteiger partial charge in [0.25, 0.3) is 11.8 Å². The number of carbonyl (C=O) groups is 3. The summed E-state index contributed by atoms with van der Waals surface area (Å²) in [7, 11) is 2.40. The molecule has 206 valence electrons. The third-order valence-corrected chi connectivity index (χ3v) is 9.85. The van der Waals surface area contributed by atoms with E-state index in [1.807, 2.05) is 0 Å². The second kappa shape index (κ2) is 12.4. The SMILES string of the molecule is C[NH+]1C2CCCCC2C(C(=O)OC2CCC(OCCOCCN3C(=O)C=CC3=O)CC2)C2CCCCC21. The zero-order valence-electron chi connectivity index (χ0n) is 22.4. The average molecular weight is 518 g/mol. The quantitative estimate of drug-likeness (QED) is 0.286. The Hall–Kier alpha value is -1.77. The van der Waals surface area contributed by atoms with Crippen molar-refractivity contribution in [2.45, 2.75) is 101 Å². The van der Waals surface area contributed by atoms with Crippen molar-refractivity contribution >= 4 is 17.8 Å². The molecule has 0 aromatic carbocycles. The Balaban J connectivity index is 1.02. The molecule has 0 spiro atoms. The maximum Gasteiger partial charge on any atom is 0.310 e. The zero-order chi connectivity index (χ0) is 25.8. The lowest BCUT2D eigenvalue weighted by Crippen LogP contribution is -3.20. The summed E-state index contributed by atoms with van der Waals surface area (Å²) in [5.41, 5.74) is 0. The van der Waals surface area contributed by atoms with Crippen LogP contribution in [0.2, 0.25) is 0 Å². The van der Waals surface area contributed by atoms with Gasteiger partial charge in [0.2, 0.25) is 0 Å². The van der Waals surface area contributed by atoms with Gasteiger partial charge < -0.3 is 19.1 Å². The van der Waals surface area contributed by atoms with Crippen LogP contribution in [0.25, 0.3) is 0 Å². The Kier molecular flexibility index (Phi) is 8.98. The van der Waals surface area contributed by atoms with Crippen LogP contribution in [0.5, 0.6) is 0 Å². The molecule has 2 heterocycles. The van der Waals surface area contributed by atoms with Crippen molar-refractivity contribution in [3.8, 4) is 0 Å². The number of nitrogens with one attached hydrogen (secondary N) is 1. The summed E-state index contributed by atoms with van der Waals surface area (Å²) in [6.45, 7) is 1.50. The van der Waals surface area contributed by atoms with E-state index < -0.39 is 0 Å². The first-order chi connectivity index (χ1) is 18.0. The average Bonchev–Trinajstić information content (AvgIpc) is 3.24. The smallest absolute Gasteiger partial charge is 0.310 e. The molecule has 2 amide bonds. The molecular formula is C29H45N2O6+. The van der Waals surface area contributed by atoms with Gasteiger partial charge >= 0.3 is 5.97 Å². The van der Waals surface area contributed by atoms with Gasteiger partial charge in [-0.2, -0.15) is 0 Å². The molecule has 0 aromatic heterocycles. The predicted octanol–water partition coefficient (Wildman–Crippen LogP) is 2.06. The van der Waals surface area contributed by atoms with Gasteiger partial charge in [-0.1, -0.05) is 12.8 Å². The molecule has 5 rings (SSSR count). The molecule has 4 atom stereocenters. The van der Waals surface area contributed by atoms with Crippen molar-refractivity contribution in [2.24, 2.45) is 17.8 Å². The molecule has 0 bridgehead atoms. The van der Waals surface area contributed by atoms with Crippen LogP contribution in [-0.2, 0) is 28.6 Å². The van der Waals surface area contributed by atoms with Gasteiger partial charge in [-0.15, -0.1) is 0 Å². The first kappa shape index (κ1) is 26.8. The number of ether oxygens (including phenoxy) is 3. The number of carbonyl (C=O) groups excluding carboxylic acids is 3. The summed E-state index contributed by atoms with van der Waals surface area (Å²) in [6.07, 6.45) is 16.3. The van der Waals surface area contributed by atoms with E-state index in [1.54, 1.807) is 4.90 Å². The first-order valence-electron chi connectivity index (χ1n) is 14.8. The van der Waals surface area contributed by atoms with Crippen molar-refractivity contribution in [1.29, 1.82) is 0 Å². The largest absolute Gasteiger partial charge is 0.462 e. The van der Waals surface area contributed by atoms with Crippen LogP contribution in [0.4, 0.5) is 0 Å². The number of piperidine rings is 1. The van der Waals surface area contributed by atoms with E-state index in [9.17, 15) is 14.4 Å². The fourth-order valence-electron chi connectivity index (χ4n) is 7.99. The Bertz CT molecular complexity index is 811. The van der Waals surface area contributed by atoms with Crippen molar-refractivity contribution in [3.05, 3.63) is 12.2 Å². The van der Waals surface area contributed by atoms with Crippen molar-refractivity contribution in [3.63, 3.8) is 0 Å². The highest BCUT2D eigenvalue weighted by Crippen LogP contribution is 2.43. The fourth-order valence-corrected chi connectivity index (χ4v) is 7.99. The van der Waals surface area contributed by atoms with Crippen molar-refractivity contribution < 1.29 is 33.5 Å². The summed E-state index contributed by atoms with van der Waals surface area (Å²) >= 11 is 0. The number of nitrogens with zero attached hydrogens (tertiary/aromatic N) is 1. The monoisotopic (exact) mass is 517 g/mol. The van der Waals surface area contributed by atoms with Crippen LogP contribution in [0.15, 0.2) is 12.2 Å². The second-order valence-corrected chi connectivity index (χ2v) is 11.9. The Morgan fingerprint density at radius 3 is 2.00 bits per heavy atom. The minimum absolute atomic E-state index is 0.0174. The van der Waals surface area contributed by atoms with Crippen molar-refractivity contribution in [2.75, 3.05) is 33.4 Å². The molecule has 5 aliphatic rings. The molecule has 4 unspecified atom stereocenters. The lowest BCUT2D eigenvalue weighted by atomic mass is 9.62.